The number of rotatable bonds is 6. The molecule has 19 heavy (non-hydrogen) atoms. The van der Waals surface area contributed by atoms with Crippen LogP contribution >= 0.6 is 0 Å². The summed E-state index contributed by atoms with van der Waals surface area (Å²) < 4.78 is 24.9. The molecule has 0 saturated heterocycles. The van der Waals surface area contributed by atoms with E-state index in [-0.39, 0.29) is 11.8 Å². The van der Waals surface area contributed by atoms with Gasteiger partial charge in [-0.25, -0.2) is 8.42 Å². The third kappa shape index (κ3) is 4.90. The molecule has 0 spiro atoms. The molecule has 1 amide bonds. The number of carbonyl (C=O) groups excluding carboxylic acids is 1. The second-order valence-corrected chi connectivity index (χ2v) is 6.17. The Bertz CT molecular complexity index is 537. The first kappa shape index (κ1) is 15.5. The van der Waals surface area contributed by atoms with Crippen LogP contribution in [-0.4, -0.2) is 20.6 Å². The van der Waals surface area contributed by atoms with Gasteiger partial charge in [-0.05, 0) is 25.0 Å². The lowest BCUT2D eigenvalue weighted by atomic mass is 10.0. The highest BCUT2D eigenvalue weighted by Crippen LogP contribution is 2.23. The average molecular weight is 284 g/mol. The van der Waals surface area contributed by atoms with Crippen LogP contribution in [0, 0.1) is 5.92 Å². The molecule has 0 radical (unpaired) electrons. The number of hydrogen-bond donors (Lipinski definition) is 2. The first-order valence-electron chi connectivity index (χ1n) is 6.25. The van der Waals surface area contributed by atoms with E-state index in [1.165, 1.54) is 0 Å². The molecule has 0 aromatic heterocycles. The summed E-state index contributed by atoms with van der Waals surface area (Å²) in [5.41, 5.74) is 0.856. The number of para-hydroxylation sites is 2. The molecule has 0 fully saturated rings. The molecule has 0 bridgehead atoms. The van der Waals surface area contributed by atoms with Gasteiger partial charge in [-0.1, -0.05) is 26.0 Å². The fraction of sp³-hybridized carbons (Fsp3) is 0.462. The van der Waals surface area contributed by atoms with E-state index in [9.17, 15) is 13.2 Å². The van der Waals surface area contributed by atoms with Crippen LogP contribution < -0.4 is 10.0 Å². The smallest absolute Gasteiger partial charge is 0.229 e. The predicted molar refractivity (Wildman–Crippen MR) is 77.6 cm³/mol. The van der Waals surface area contributed by atoms with E-state index in [1.54, 1.807) is 24.3 Å². The Balaban J connectivity index is 2.92. The lowest BCUT2D eigenvalue weighted by Crippen LogP contribution is -2.22. The zero-order chi connectivity index (χ0) is 14.5. The SMILES string of the molecule is CCC(CC)C(=O)Nc1ccccc1NS(C)(=O)=O. The summed E-state index contributed by atoms with van der Waals surface area (Å²) in [6, 6.07) is 6.74. The van der Waals surface area contributed by atoms with Gasteiger partial charge in [-0.15, -0.1) is 0 Å². The van der Waals surface area contributed by atoms with E-state index < -0.39 is 10.0 Å². The van der Waals surface area contributed by atoms with Crippen LogP contribution in [0.4, 0.5) is 11.4 Å². The lowest BCUT2D eigenvalue weighted by Gasteiger charge is -2.15. The van der Waals surface area contributed by atoms with Gasteiger partial charge in [0, 0.05) is 5.92 Å². The van der Waals surface area contributed by atoms with E-state index >= 15 is 0 Å². The first-order chi connectivity index (χ1) is 8.87. The van der Waals surface area contributed by atoms with E-state index in [1.807, 2.05) is 13.8 Å². The lowest BCUT2D eigenvalue weighted by molar-refractivity contribution is -0.120. The van der Waals surface area contributed by atoms with Crippen LogP contribution in [0.15, 0.2) is 24.3 Å². The predicted octanol–water partition coefficient (Wildman–Crippen LogP) is 2.43. The molecule has 0 aliphatic carbocycles. The molecule has 1 aromatic carbocycles. The van der Waals surface area contributed by atoms with E-state index in [2.05, 4.69) is 10.0 Å². The second kappa shape index (κ2) is 6.56. The fourth-order valence-electron chi connectivity index (χ4n) is 1.78. The minimum atomic E-state index is -3.37. The molecule has 106 valence electrons. The zero-order valence-corrected chi connectivity index (χ0v) is 12.3. The molecule has 0 aliphatic heterocycles. The molecule has 5 nitrogen and oxygen atoms in total. The fourth-order valence-corrected chi connectivity index (χ4v) is 2.35. The maximum Gasteiger partial charge on any atom is 0.229 e. The summed E-state index contributed by atoms with van der Waals surface area (Å²) in [7, 11) is -3.37. The monoisotopic (exact) mass is 284 g/mol. The minimum Gasteiger partial charge on any atom is -0.324 e. The minimum absolute atomic E-state index is 0.0636. The molecule has 0 aliphatic rings. The Morgan fingerprint density at radius 1 is 1.16 bits per heavy atom. The van der Waals surface area contributed by atoms with Crippen molar-refractivity contribution in [3.8, 4) is 0 Å². The van der Waals surface area contributed by atoms with Crippen molar-refractivity contribution in [3.05, 3.63) is 24.3 Å². The summed E-state index contributed by atoms with van der Waals surface area (Å²) in [5, 5.41) is 2.77. The van der Waals surface area contributed by atoms with Crippen molar-refractivity contribution < 1.29 is 13.2 Å². The van der Waals surface area contributed by atoms with Gasteiger partial charge in [0.2, 0.25) is 15.9 Å². The van der Waals surface area contributed by atoms with Crippen LogP contribution in [0.5, 0.6) is 0 Å². The Hall–Kier alpha value is -1.56. The number of amides is 1. The van der Waals surface area contributed by atoms with E-state index in [0.29, 0.717) is 11.4 Å². The quantitative estimate of drug-likeness (QED) is 0.842. The van der Waals surface area contributed by atoms with Crippen molar-refractivity contribution in [2.45, 2.75) is 26.7 Å². The summed E-state index contributed by atoms with van der Waals surface area (Å²) in [6.07, 6.45) is 2.58. The number of hydrogen-bond acceptors (Lipinski definition) is 3. The topological polar surface area (TPSA) is 75.3 Å². The largest absolute Gasteiger partial charge is 0.324 e. The molecule has 2 N–H and O–H groups in total. The molecular formula is C13H20N2O3S. The summed E-state index contributed by atoms with van der Waals surface area (Å²) in [5.74, 6) is -0.154. The summed E-state index contributed by atoms with van der Waals surface area (Å²) in [6.45, 7) is 3.91. The van der Waals surface area contributed by atoms with E-state index in [0.717, 1.165) is 19.1 Å². The zero-order valence-electron chi connectivity index (χ0n) is 11.4. The van der Waals surface area contributed by atoms with Crippen LogP contribution in [0.1, 0.15) is 26.7 Å². The van der Waals surface area contributed by atoms with Gasteiger partial charge in [0.1, 0.15) is 0 Å². The van der Waals surface area contributed by atoms with Crippen molar-refractivity contribution in [1.82, 2.24) is 0 Å². The average Bonchev–Trinajstić information content (AvgIpc) is 2.31. The Morgan fingerprint density at radius 3 is 2.16 bits per heavy atom. The van der Waals surface area contributed by atoms with Gasteiger partial charge >= 0.3 is 0 Å². The molecule has 0 atom stereocenters. The number of anilines is 2. The molecule has 0 unspecified atom stereocenters. The summed E-state index contributed by atoms with van der Waals surface area (Å²) >= 11 is 0. The van der Waals surface area contributed by atoms with Crippen molar-refractivity contribution in [2.75, 3.05) is 16.3 Å². The third-order valence-corrected chi connectivity index (χ3v) is 3.43. The highest BCUT2D eigenvalue weighted by molar-refractivity contribution is 7.92. The second-order valence-electron chi connectivity index (χ2n) is 4.42. The number of carbonyl (C=O) groups is 1. The van der Waals surface area contributed by atoms with Gasteiger partial charge in [0.25, 0.3) is 0 Å². The van der Waals surface area contributed by atoms with Gasteiger partial charge < -0.3 is 5.32 Å². The standard InChI is InChI=1S/C13H20N2O3S/c1-4-10(5-2)13(16)14-11-8-6-7-9-12(11)15-19(3,17)18/h6-10,15H,4-5H2,1-3H3,(H,14,16). The van der Waals surface area contributed by atoms with E-state index in [4.69, 9.17) is 0 Å². The number of sulfonamides is 1. The van der Waals surface area contributed by atoms with Crippen LogP contribution in [0.3, 0.4) is 0 Å². The molecule has 0 saturated carbocycles. The number of nitrogens with one attached hydrogen (secondary N) is 2. The third-order valence-electron chi connectivity index (χ3n) is 2.84. The van der Waals surface area contributed by atoms with Gasteiger partial charge in [-0.2, -0.15) is 0 Å². The molecule has 6 heteroatoms. The van der Waals surface area contributed by atoms with Crippen LogP contribution in [0.25, 0.3) is 0 Å². The van der Waals surface area contributed by atoms with Gasteiger partial charge in [0.05, 0.1) is 17.6 Å². The van der Waals surface area contributed by atoms with Crippen molar-refractivity contribution >= 4 is 27.3 Å². The highest BCUT2D eigenvalue weighted by Gasteiger charge is 2.16. The van der Waals surface area contributed by atoms with Crippen molar-refractivity contribution in [3.63, 3.8) is 0 Å². The highest BCUT2D eigenvalue weighted by atomic mass is 32.2. The maximum absolute atomic E-state index is 12.0. The number of benzene rings is 1. The molecular weight excluding hydrogens is 264 g/mol. The Labute approximate surface area is 114 Å². The molecule has 0 heterocycles. The molecule has 1 aromatic rings. The summed E-state index contributed by atoms with van der Waals surface area (Å²) in [4.78, 5) is 12.0. The van der Waals surface area contributed by atoms with Crippen molar-refractivity contribution in [2.24, 2.45) is 5.92 Å². The van der Waals surface area contributed by atoms with Crippen LogP contribution in [0.2, 0.25) is 0 Å². The van der Waals surface area contributed by atoms with Crippen molar-refractivity contribution in [1.29, 1.82) is 0 Å². The Morgan fingerprint density at radius 2 is 1.68 bits per heavy atom. The first-order valence-corrected chi connectivity index (χ1v) is 8.14. The van der Waals surface area contributed by atoms with Gasteiger partial charge in [-0.3, -0.25) is 9.52 Å². The maximum atomic E-state index is 12.0. The van der Waals surface area contributed by atoms with Crippen LogP contribution in [-0.2, 0) is 14.8 Å². The Kier molecular flexibility index (Phi) is 5.35. The van der Waals surface area contributed by atoms with Gasteiger partial charge in [0.15, 0.2) is 0 Å². The molecule has 1 rings (SSSR count). The normalized spacial score (nSPS) is 11.4.